The largest absolute Gasteiger partial charge is 0.506 e. The number of phenolic OH excluding ortho intramolecular Hbond substituents is 1. The molecule has 0 aliphatic heterocycles. The molecule has 0 aliphatic carbocycles. The lowest BCUT2D eigenvalue weighted by Gasteiger charge is -2.16. The quantitative estimate of drug-likeness (QED) is 0.154. The Balaban J connectivity index is 1.52. The van der Waals surface area contributed by atoms with Crippen LogP contribution >= 0.6 is 11.6 Å². The number of aliphatic carboxylic acids is 1. The lowest BCUT2D eigenvalue weighted by molar-refractivity contribution is -0.136. The molecule has 0 fully saturated rings. The van der Waals surface area contributed by atoms with Gasteiger partial charge < -0.3 is 25.4 Å². The highest BCUT2D eigenvalue weighted by atomic mass is 35.5. The molecule has 0 saturated carbocycles. The Morgan fingerprint density at radius 3 is 2.42 bits per heavy atom. The number of rotatable bonds is 13. The molecule has 0 aliphatic rings. The average molecular weight is 563 g/mol. The van der Waals surface area contributed by atoms with Crippen LogP contribution in [-0.4, -0.2) is 55.7 Å². The molecule has 0 unspecified atom stereocenters. The number of halogens is 1. The second-order valence-corrected chi connectivity index (χ2v) is 11.1. The third-order valence-electron chi connectivity index (χ3n) is 5.71. The van der Waals surface area contributed by atoms with E-state index in [1.807, 2.05) is 43.3 Å². The standard InChI is InChI=1S/C27H31ClN2O7S/c1-17-13-21(19-6-3-18(4-7-19)5-10-26(33)34)14-22(28)27(17)37-12-11-29-16-25(32)20-8-9-24(31)23(15-20)30-38(2,35)36/h3-4,6-9,13-15,25,29-32H,5,10-12,16H2,1-2H3,(H,33,34)/t25-/m0/s1. The summed E-state index contributed by atoms with van der Waals surface area (Å²) in [5.41, 5.74) is 4.12. The smallest absolute Gasteiger partial charge is 0.303 e. The van der Waals surface area contributed by atoms with Crippen molar-refractivity contribution in [3.8, 4) is 22.6 Å². The summed E-state index contributed by atoms with van der Waals surface area (Å²) in [5, 5.41) is 32.7. The van der Waals surface area contributed by atoms with E-state index in [9.17, 15) is 23.4 Å². The fraction of sp³-hybridized carbons (Fsp3) is 0.296. The fourth-order valence-corrected chi connectivity index (χ4v) is 4.70. The fourth-order valence-electron chi connectivity index (χ4n) is 3.82. The van der Waals surface area contributed by atoms with Crippen molar-refractivity contribution >= 4 is 33.3 Å². The first-order valence-electron chi connectivity index (χ1n) is 11.9. The lowest BCUT2D eigenvalue weighted by atomic mass is 10.0. The minimum atomic E-state index is -3.58. The zero-order chi connectivity index (χ0) is 27.9. The molecule has 1 atom stereocenters. The minimum absolute atomic E-state index is 0.00456. The predicted molar refractivity (Wildman–Crippen MR) is 147 cm³/mol. The van der Waals surface area contributed by atoms with Crippen molar-refractivity contribution < 1.29 is 33.3 Å². The van der Waals surface area contributed by atoms with Gasteiger partial charge in [-0.2, -0.15) is 0 Å². The van der Waals surface area contributed by atoms with Crippen LogP contribution in [0.4, 0.5) is 5.69 Å². The summed E-state index contributed by atoms with van der Waals surface area (Å²) in [6, 6.07) is 15.7. The third kappa shape index (κ3) is 8.63. The van der Waals surface area contributed by atoms with Gasteiger partial charge in [0.1, 0.15) is 18.1 Å². The van der Waals surface area contributed by atoms with Gasteiger partial charge in [-0.05, 0) is 65.4 Å². The maximum atomic E-state index is 11.4. The van der Waals surface area contributed by atoms with Crippen molar-refractivity contribution in [3.05, 3.63) is 76.3 Å². The van der Waals surface area contributed by atoms with Crippen LogP contribution in [0.25, 0.3) is 11.1 Å². The van der Waals surface area contributed by atoms with Gasteiger partial charge in [-0.25, -0.2) is 8.42 Å². The Hall–Kier alpha value is -3.31. The number of aliphatic hydroxyl groups excluding tert-OH is 1. The van der Waals surface area contributed by atoms with E-state index >= 15 is 0 Å². The number of sulfonamides is 1. The summed E-state index contributed by atoms with van der Waals surface area (Å²) in [6.07, 6.45) is 0.604. The molecule has 0 aromatic heterocycles. The van der Waals surface area contributed by atoms with E-state index in [-0.39, 0.29) is 24.4 Å². The first-order chi connectivity index (χ1) is 17.9. The molecule has 0 radical (unpaired) electrons. The van der Waals surface area contributed by atoms with Crippen molar-refractivity contribution in [3.63, 3.8) is 0 Å². The Bertz CT molecular complexity index is 1360. The second-order valence-electron chi connectivity index (χ2n) is 8.91. The van der Waals surface area contributed by atoms with Gasteiger partial charge in [0, 0.05) is 19.5 Å². The molecule has 9 nitrogen and oxygen atoms in total. The van der Waals surface area contributed by atoms with E-state index in [1.165, 1.54) is 18.2 Å². The number of phenols is 1. The van der Waals surface area contributed by atoms with Crippen LogP contribution in [-0.2, 0) is 21.2 Å². The number of hydrogen-bond donors (Lipinski definition) is 5. The van der Waals surface area contributed by atoms with Crippen molar-refractivity contribution in [1.29, 1.82) is 0 Å². The summed E-state index contributed by atoms with van der Waals surface area (Å²) in [5.74, 6) is -0.501. The monoisotopic (exact) mass is 562 g/mol. The summed E-state index contributed by atoms with van der Waals surface area (Å²) in [7, 11) is -3.58. The van der Waals surface area contributed by atoms with Crippen LogP contribution in [0.15, 0.2) is 54.6 Å². The van der Waals surface area contributed by atoms with Crippen LogP contribution in [0.5, 0.6) is 11.5 Å². The topological polar surface area (TPSA) is 145 Å². The van der Waals surface area contributed by atoms with E-state index in [1.54, 1.807) is 0 Å². The van der Waals surface area contributed by atoms with Crippen LogP contribution < -0.4 is 14.8 Å². The molecule has 0 saturated heterocycles. The number of carbonyl (C=O) groups is 1. The van der Waals surface area contributed by atoms with E-state index in [2.05, 4.69) is 10.0 Å². The highest BCUT2D eigenvalue weighted by Gasteiger charge is 2.14. The van der Waals surface area contributed by atoms with Gasteiger partial charge in [0.15, 0.2) is 0 Å². The Labute approximate surface area is 227 Å². The number of anilines is 1. The Kier molecular flexibility index (Phi) is 9.98. The molecular weight excluding hydrogens is 532 g/mol. The van der Waals surface area contributed by atoms with Gasteiger partial charge in [0.05, 0.1) is 23.1 Å². The first-order valence-corrected chi connectivity index (χ1v) is 14.1. The maximum Gasteiger partial charge on any atom is 0.303 e. The highest BCUT2D eigenvalue weighted by molar-refractivity contribution is 7.92. The van der Waals surface area contributed by atoms with Gasteiger partial charge in [-0.3, -0.25) is 9.52 Å². The van der Waals surface area contributed by atoms with Gasteiger partial charge in [0.25, 0.3) is 0 Å². The van der Waals surface area contributed by atoms with Gasteiger partial charge in [-0.1, -0.05) is 41.9 Å². The molecule has 3 aromatic rings. The van der Waals surface area contributed by atoms with Crippen LogP contribution in [0.2, 0.25) is 5.02 Å². The molecular formula is C27H31ClN2O7S. The molecule has 0 amide bonds. The number of hydrogen-bond acceptors (Lipinski definition) is 7. The number of aromatic hydroxyl groups is 1. The molecule has 0 bridgehead atoms. The summed E-state index contributed by atoms with van der Waals surface area (Å²) < 4.78 is 31.0. The number of nitrogens with one attached hydrogen (secondary N) is 2. The SMILES string of the molecule is Cc1cc(-c2ccc(CCC(=O)O)cc2)cc(Cl)c1OCCNC[C@H](O)c1ccc(O)c(NS(C)(=O)=O)c1. The molecule has 3 aromatic carbocycles. The maximum absolute atomic E-state index is 11.4. The number of aliphatic hydroxyl groups is 1. The number of ether oxygens (including phenoxy) is 1. The van der Waals surface area contributed by atoms with E-state index in [0.29, 0.717) is 35.9 Å². The van der Waals surface area contributed by atoms with E-state index < -0.39 is 22.1 Å². The molecule has 3 rings (SSSR count). The zero-order valence-electron chi connectivity index (χ0n) is 21.1. The normalized spacial score (nSPS) is 12.2. The van der Waals surface area contributed by atoms with Gasteiger partial charge in [0.2, 0.25) is 10.0 Å². The highest BCUT2D eigenvalue weighted by Crippen LogP contribution is 2.34. The van der Waals surface area contributed by atoms with Crippen LogP contribution in [0.3, 0.4) is 0 Å². The minimum Gasteiger partial charge on any atom is -0.506 e. The molecule has 38 heavy (non-hydrogen) atoms. The summed E-state index contributed by atoms with van der Waals surface area (Å²) in [4.78, 5) is 10.8. The molecule has 5 N–H and O–H groups in total. The number of carboxylic acid groups (broad SMARTS) is 1. The third-order valence-corrected chi connectivity index (χ3v) is 6.58. The summed E-state index contributed by atoms with van der Waals surface area (Å²) in [6.45, 7) is 2.79. The predicted octanol–water partition coefficient (Wildman–Crippen LogP) is 4.11. The van der Waals surface area contributed by atoms with Crippen LogP contribution in [0, 0.1) is 6.92 Å². The second kappa shape index (κ2) is 13.0. The van der Waals surface area contributed by atoms with Gasteiger partial charge >= 0.3 is 5.97 Å². The van der Waals surface area contributed by atoms with E-state index in [4.69, 9.17) is 21.4 Å². The van der Waals surface area contributed by atoms with Crippen molar-refractivity contribution in [2.45, 2.75) is 25.9 Å². The lowest BCUT2D eigenvalue weighted by Crippen LogP contribution is -2.26. The zero-order valence-corrected chi connectivity index (χ0v) is 22.6. The van der Waals surface area contributed by atoms with Crippen LogP contribution in [0.1, 0.15) is 29.2 Å². The van der Waals surface area contributed by atoms with Crippen molar-refractivity contribution in [1.82, 2.24) is 5.32 Å². The molecule has 0 heterocycles. The molecule has 11 heteroatoms. The van der Waals surface area contributed by atoms with E-state index in [0.717, 1.165) is 28.5 Å². The number of aryl methyl sites for hydroxylation is 2. The van der Waals surface area contributed by atoms with Gasteiger partial charge in [-0.15, -0.1) is 0 Å². The van der Waals surface area contributed by atoms with Crippen molar-refractivity contribution in [2.24, 2.45) is 0 Å². The number of benzene rings is 3. The number of carboxylic acids is 1. The Morgan fingerprint density at radius 2 is 1.79 bits per heavy atom. The van der Waals surface area contributed by atoms with Crippen molar-refractivity contribution in [2.75, 3.05) is 30.7 Å². The summed E-state index contributed by atoms with van der Waals surface area (Å²) >= 11 is 6.50. The molecule has 204 valence electrons. The average Bonchev–Trinajstić information content (AvgIpc) is 2.84. The Morgan fingerprint density at radius 1 is 1.08 bits per heavy atom. The first kappa shape index (κ1) is 29.2. The molecule has 0 spiro atoms.